The first-order valence-corrected chi connectivity index (χ1v) is 10.1. The van der Waals surface area contributed by atoms with Crippen molar-refractivity contribution >= 4 is 18.0 Å². The standard InChI is InChI=1S/C25H25N3O4/c1-19-7-5-6-10-23(19)32-18-25(30)28-27-16-21-11-13-22(14-12-21)31-17-24(29)26-15-20-8-3-2-4-9-20/h2-14,16H,15,17-18H2,1H3,(H,26,29)(H,28,30)/b27-16-. The second-order valence-electron chi connectivity index (χ2n) is 6.97. The Kier molecular flexibility index (Phi) is 8.39. The Balaban J connectivity index is 1.36. The van der Waals surface area contributed by atoms with Gasteiger partial charge in [-0.05, 0) is 53.9 Å². The number of para-hydroxylation sites is 1. The smallest absolute Gasteiger partial charge is 0.277 e. The van der Waals surface area contributed by atoms with Crippen LogP contribution in [-0.4, -0.2) is 31.2 Å². The van der Waals surface area contributed by atoms with Crippen molar-refractivity contribution in [2.45, 2.75) is 13.5 Å². The van der Waals surface area contributed by atoms with Gasteiger partial charge in [-0.1, -0.05) is 48.5 Å². The lowest BCUT2D eigenvalue weighted by atomic mass is 10.2. The Morgan fingerprint density at radius 2 is 1.53 bits per heavy atom. The highest BCUT2D eigenvalue weighted by Crippen LogP contribution is 2.15. The van der Waals surface area contributed by atoms with Gasteiger partial charge in [-0.3, -0.25) is 9.59 Å². The van der Waals surface area contributed by atoms with Gasteiger partial charge in [0.05, 0.1) is 6.21 Å². The predicted molar refractivity (Wildman–Crippen MR) is 123 cm³/mol. The Hall–Kier alpha value is -4.13. The zero-order chi connectivity index (χ0) is 22.6. The maximum absolute atomic E-state index is 11.9. The molecule has 0 atom stereocenters. The molecule has 0 saturated carbocycles. The van der Waals surface area contributed by atoms with E-state index in [9.17, 15) is 9.59 Å². The van der Waals surface area contributed by atoms with Crippen LogP contribution in [0.1, 0.15) is 16.7 Å². The summed E-state index contributed by atoms with van der Waals surface area (Å²) in [5.41, 5.74) is 5.18. The Morgan fingerprint density at radius 3 is 2.28 bits per heavy atom. The number of benzene rings is 3. The third-order valence-corrected chi connectivity index (χ3v) is 4.44. The summed E-state index contributed by atoms with van der Waals surface area (Å²) in [5.74, 6) is 0.671. The molecule has 0 aliphatic heterocycles. The van der Waals surface area contributed by atoms with E-state index in [-0.39, 0.29) is 25.0 Å². The molecular formula is C25H25N3O4. The molecule has 0 bridgehead atoms. The average Bonchev–Trinajstić information content (AvgIpc) is 2.82. The summed E-state index contributed by atoms with van der Waals surface area (Å²) < 4.78 is 11.0. The van der Waals surface area contributed by atoms with Crippen molar-refractivity contribution in [3.63, 3.8) is 0 Å². The van der Waals surface area contributed by atoms with Crippen LogP contribution in [0.15, 0.2) is 84.0 Å². The van der Waals surface area contributed by atoms with E-state index in [4.69, 9.17) is 9.47 Å². The van der Waals surface area contributed by atoms with Crippen LogP contribution in [0.25, 0.3) is 0 Å². The topological polar surface area (TPSA) is 89.0 Å². The fraction of sp³-hybridized carbons (Fsp3) is 0.160. The number of hydrazone groups is 1. The molecule has 0 aliphatic rings. The lowest BCUT2D eigenvalue weighted by molar-refractivity contribution is -0.123. The minimum Gasteiger partial charge on any atom is -0.484 e. The SMILES string of the molecule is Cc1ccccc1OCC(=O)N/N=C\c1ccc(OCC(=O)NCc2ccccc2)cc1. The molecule has 3 aromatic rings. The number of hydrogen-bond acceptors (Lipinski definition) is 5. The molecule has 0 aliphatic carbocycles. The first-order valence-electron chi connectivity index (χ1n) is 10.1. The highest BCUT2D eigenvalue weighted by atomic mass is 16.5. The summed E-state index contributed by atoms with van der Waals surface area (Å²) in [5, 5.41) is 6.73. The minimum absolute atomic E-state index is 0.0722. The number of amides is 2. The lowest BCUT2D eigenvalue weighted by Gasteiger charge is -2.08. The van der Waals surface area contributed by atoms with E-state index in [1.54, 1.807) is 24.3 Å². The van der Waals surface area contributed by atoms with E-state index < -0.39 is 0 Å². The summed E-state index contributed by atoms with van der Waals surface area (Å²) >= 11 is 0. The minimum atomic E-state index is -0.356. The molecule has 3 rings (SSSR count). The van der Waals surface area contributed by atoms with Crippen molar-refractivity contribution in [3.8, 4) is 11.5 Å². The zero-order valence-corrected chi connectivity index (χ0v) is 17.8. The lowest BCUT2D eigenvalue weighted by Crippen LogP contribution is -2.28. The number of aryl methyl sites for hydroxylation is 1. The molecule has 0 heterocycles. The molecule has 0 fully saturated rings. The van der Waals surface area contributed by atoms with Crippen LogP contribution in [0.4, 0.5) is 0 Å². The number of hydrogen-bond donors (Lipinski definition) is 2. The van der Waals surface area contributed by atoms with Crippen LogP contribution in [-0.2, 0) is 16.1 Å². The van der Waals surface area contributed by atoms with Gasteiger partial charge >= 0.3 is 0 Å². The van der Waals surface area contributed by atoms with Crippen molar-refractivity contribution in [2.75, 3.05) is 13.2 Å². The molecule has 7 nitrogen and oxygen atoms in total. The fourth-order valence-electron chi connectivity index (χ4n) is 2.72. The van der Waals surface area contributed by atoms with Gasteiger partial charge in [-0.2, -0.15) is 5.10 Å². The van der Waals surface area contributed by atoms with Crippen LogP contribution in [0, 0.1) is 6.92 Å². The van der Waals surface area contributed by atoms with E-state index in [2.05, 4.69) is 15.8 Å². The van der Waals surface area contributed by atoms with Crippen LogP contribution >= 0.6 is 0 Å². The molecule has 164 valence electrons. The third-order valence-electron chi connectivity index (χ3n) is 4.44. The number of ether oxygens (including phenoxy) is 2. The molecule has 0 radical (unpaired) electrons. The molecule has 7 heteroatoms. The van der Waals surface area contributed by atoms with Gasteiger partial charge in [0.2, 0.25) is 0 Å². The molecule has 32 heavy (non-hydrogen) atoms. The van der Waals surface area contributed by atoms with Gasteiger partial charge < -0.3 is 14.8 Å². The van der Waals surface area contributed by atoms with Crippen molar-refractivity contribution < 1.29 is 19.1 Å². The second-order valence-corrected chi connectivity index (χ2v) is 6.97. The number of rotatable bonds is 10. The largest absolute Gasteiger partial charge is 0.484 e. The summed E-state index contributed by atoms with van der Waals surface area (Å²) in [4.78, 5) is 23.8. The van der Waals surface area contributed by atoms with Crippen molar-refractivity contribution in [2.24, 2.45) is 5.10 Å². The van der Waals surface area contributed by atoms with Crippen LogP contribution in [0.3, 0.4) is 0 Å². The average molecular weight is 431 g/mol. The van der Waals surface area contributed by atoms with Gasteiger partial charge in [0.15, 0.2) is 13.2 Å². The molecule has 2 amide bonds. The monoisotopic (exact) mass is 431 g/mol. The van der Waals surface area contributed by atoms with Crippen LogP contribution in [0.2, 0.25) is 0 Å². The van der Waals surface area contributed by atoms with E-state index in [1.165, 1.54) is 6.21 Å². The van der Waals surface area contributed by atoms with E-state index in [1.807, 2.05) is 61.5 Å². The number of nitrogens with one attached hydrogen (secondary N) is 2. The summed E-state index contributed by atoms with van der Waals surface area (Å²) in [7, 11) is 0. The van der Waals surface area contributed by atoms with Crippen LogP contribution < -0.4 is 20.2 Å². The Bertz CT molecular complexity index is 1050. The second kappa shape index (κ2) is 11.9. The van der Waals surface area contributed by atoms with Gasteiger partial charge in [0, 0.05) is 6.54 Å². The number of carbonyl (C=O) groups excluding carboxylic acids is 2. The number of nitrogens with zero attached hydrogens (tertiary/aromatic N) is 1. The van der Waals surface area contributed by atoms with Crippen molar-refractivity contribution in [3.05, 3.63) is 95.6 Å². The van der Waals surface area contributed by atoms with Crippen molar-refractivity contribution in [1.82, 2.24) is 10.7 Å². The maximum atomic E-state index is 11.9. The van der Waals surface area contributed by atoms with E-state index in [0.29, 0.717) is 18.0 Å². The van der Waals surface area contributed by atoms with Gasteiger partial charge in [0.1, 0.15) is 11.5 Å². The zero-order valence-electron chi connectivity index (χ0n) is 17.8. The van der Waals surface area contributed by atoms with Gasteiger partial charge in [-0.25, -0.2) is 5.43 Å². The molecule has 0 unspecified atom stereocenters. The first kappa shape index (κ1) is 22.6. The predicted octanol–water partition coefficient (Wildman–Crippen LogP) is 3.22. The molecule has 0 aromatic heterocycles. The fourth-order valence-corrected chi connectivity index (χ4v) is 2.72. The highest BCUT2D eigenvalue weighted by molar-refractivity contribution is 5.83. The quantitative estimate of drug-likeness (QED) is 0.381. The Labute approximate surface area is 187 Å². The summed E-state index contributed by atoms with van der Waals surface area (Å²) in [6, 6.07) is 24.2. The molecular weight excluding hydrogens is 406 g/mol. The molecule has 0 spiro atoms. The van der Waals surface area contributed by atoms with Gasteiger partial charge in [-0.15, -0.1) is 0 Å². The summed E-state index contributed by atoms with van der Waals surface area (Å²) in [6.07, 6.45) is 1.52. The van der Waals surface area contributed by atoms with Crippen molar-refractivity contribution in [1.29, 1.82) is 0 Å². The Morgan fingerprint density at radius 1 is 0.844 bits per heavy atom. The number of carbonyl (C=O) groups is 2. The molecule has 0 saturated heterocycles. The first-order chi connectivity index (χ1) is 15.6. The normalized spacial score (nSPS) is 10.5. The molecule has 3 aromatic carbocycles. The highest BCUT2D eigenvalue weighted by Gasteiger charge is 2.04. The van der Waals surface area contributed by atoms with Gasteiger partial charge in [0.25, 0.3) is 11.8 Å². The van der Waals surface area contributed by atoms with E-state index in [0.717, 1.165) is 16.7 Å². The maximum Gasteiger partial charge on any atom is 0.277 e. The van der Waals surface area contributed by atoms with E-state index >= 15 is 0 Å². The van der Waals surface area contributed by atoms with Crippen LogP contribution in [0.5, 0.6) is 11.5 Å². The summed E-state index contributed by atoms with van der Waals surface area (Å²) in [6.45, 7) is 2.18. The molecule has 2 N–H and O–H groups in total. The third kappa shape index (κ3) is 7.60.